The topological polar surface area (TPSA) is 17.8 Å². The number of benzene rings is 2. The van der Waals surface area contributed by atoms with Gasteiger partial charge in [0.1, 0.15) is 11.6 Å². The fraction of sp³-hybridized carbons (Fsp3) is 0.235. The molecule has 0 saturated carbocycles. The van der Waals surface area contributed by atoms with E-state index in [-0.39, 0.29) is 11.9 Å². The number of halogens is 2. The van der Waals surface area contributed by atoms with Crippen LogP contribution in [0.1, 0.15) is 24.4 Å². The maximum atomic E-state index is 13.0. The number of hydrogen-bond acceptors (Lipinski definition) is 1. The maximum absolute atomic E-state index is 13.0. The van der Waals surface area contributed by atoms with Gasteiger partial charge in [-0.2, -0.15) is 0 Å². The van der Waals surface area contributed by atoms with Gasteiger partial charge in [0.05, 0.1) is 16.9 Å². The lowest BCUT2D eigenvalue weighted by molar-refractivity contribution is 0.542. The molecule has 2 nitrogen and oxygen atoms in total. The third kappa shape index (κ3) is 2.79. The van der Waals surface area contributed by atoms with Crippen LogP contribution in [0.4, 0.5) is 4.39 Å². The molecule has 0 saturated heterocycles. The van der Waals surface area contributed by atoms with Crippen LogP contribution >= 0.6 is 11.6 Å². The molecule has 1 atom stereocenters. The second kappa shape index (κ2) is 5.86. The summed E-state index contributed by atoms with van der Waals surface area (Å²) in [7, 11) is 0. The van der Waals surface area contributed by atoms with Crippen molar-refractivity contribution in [1.29, 1.82) is 0 Å². The molecule has 3 rings (SSSR count). The van der Waals surface area contributed by atoms with Gasteiger partial charge in [-0.05, 0) is 43.2 Å². The van der Waals surface area contributed by atoms with E-state index in [2.05, 4.69) is 22.5 Å². The number of nitrogens with zero attached hydrogens (tertiary/aromatic N) is 2. The first kappa shape index (κ1) is 14.1. The quantitative estimate of drug-likeness (QED) is 0.638. The molecule has 0 aliphatic heterocycles. The Hall–Kier alpha value is -1.87. The van der Waals surface area contributed by atoms with Crippen molar-refractivity contribution >= 4 is 22.6 Å². The average molecular weight is 303 g/mol. The summed E-state index contributed by atoms with van der Waals surface area (Å²) in [5, 5.41) is 0. The number of para-hydroxylation sites is 2. The zero-order valence-electron chi connectivity index (χ0n) is 11.8. The molecule has 0 aliphatic carbocycles. The van der Waals surface area contributed by atoms with Crippen molar-refractivity contribution in [3.8, 4) is 0 Å². The molecule has 1 heterocycles. The molecule has 4 heteroatoms. The number of imidazole rings is 1. The van der Waals surface area contributed by atoms with E-state index < -0.39 is 0 Å². The van der Waals surface area contributed by atoms with Crippen LogP contribution < -0.4 is 0 Å². The highest BCUT2D eigenvalue weighted by atomic mass is 35.5. The summed E-state index contributed by atoms with van der Waals surface area (Å²) < 4.78 is 15.2. The summed E-state index contributed by atoms with van der Waals surface area (Å²) in [5.74, 6) is 1.04. The number of alkyl halides is 1. The zero-order chi connectivity index (χ0) is 14.8. The lowest BCUT2D eigenvalue weighted by Gasteiger charge is -2.17. The van der Waals surface area contributed by atoms with Gasteiger partial charge < -0.3 is 4.57 Å². The van der Waals surface area contributed by atoms with Gasteiger partial charge >= 0.3 is 0 Å². The fourth-order valence-corrected chi connectivity index (χ4v) is 2.92. The van der Waals surface area contributed by atoms with E-state index in [1.165, 1.54) is 12.1 Å². The summed E-state index contributed by atoms with van der Waals surface area (Å²) in [5.41, 5.74) is 3.14. The summed E-state index contributed by atoms with van der Waals surface area (Å²) in [4.78, 5) is 4.58. The number of fused-ring (bicyclic) bond motifs is 1. The molecule has 108 valence electrons. The molecular weight excluding hydrogens is 287 g/mol. The minimum atomic E-state index is -0.207. The van der Waals surface area contributed by atoms with Crippen LogP contribution in [0.3, 0.4) is 0 Å². The minimum absolute atomic E-state index is 0.205. The second-order valence-corrected chi connectivity index (χ2v) is 5.47. The minimum Gasteiger partial charge on any atom is -0.324 e. The summed E-state index contributed by atoms with van der Waals surface area (Å²) >= 11 is 6.04. The summed E-state index contributed by atoms with van der Waals surface area (Å²) in [6, 6.07) is 14.9. The van der Waals surface area contributed by atoms with E-state index in [0.29, 0.717) is 5.88 Å². The molecule has 0 spiro atoms. The smallest absolute Gasteiger partial charge is 0.125 e. The average Bonchev–Trinajstić information content (AvgIpc) is 2.88. The largest absolute Gasteiger partial charge is 0.324 e. The number of hydrogen-bond donors (Lipinski definition) is 0. The van der Waals surface area contributed by atoms with Crippen molar-refractivity contribution in [3.05, 3.63) is 65.7 Å². The first-order valence-corrected chi connectivity index (χ1v) is 7.48. The number of aromatic nitrogens is 2. The van der Waals surface area contributed by atoms with Crippen molar-refractivity contribution in [3.63, 3.8) is 0 Å². The van der Waals surface area contributed by atoms with E-state index in [4.69, 9.17) is 11.6 Å². The molecule has 0 radical (unpaired) electrons. The van der Waals surface area contributed by atoms with Crippen molar-refractivity contribution in [2.45, 2.75) is 25.3 Å². The van der Waals surface area contributed by atoms with Crippen molar-refractivity contribution < 1.29 is 4.39 Å². The Morgan fingerprint density at radius 1 is 1.14 bits per heavy atom. The van der Waals surface area contributed by atoms with E-state index in [9.17, 15) is 4.39 Å². The Kier molecular flexibility index (Phi) is 3.93. The highest BCUT2D eigenvalue weighted by Gasteiger charge is 2.15. The predicted molar refractivity (Wildman–Crippen MR) is 84.1 cm³/mol. The molecule has 0 aliphatic rings. The molecular formula is C17H16ClFN2. The Bertz CT molecular complexity index is 749. The summed E-state index contributed by atoms with van der Waals surface area (Å²) in [6.45, 7) is 2.13. The van der Waals surface area contributed by atoms with Gasteiger partial charge in [-0.25, -0.2) is 9.37 Å². The van der Waals surface area contributed by atoms with Crippen molar-refractivity contribution in [2.75, 3.05) is 0 Å². The molecule has 1 unspecified atom stereocenters. The van der Waals surface area contributed by atoms with E-state index in [1.807, 2.05) is 30.3 Å². The fourth-order valence-electron chi connectivity index (χ4n) is 2.73. The van der Waals surface area contributed by atoms with E-state index in [1.54, 1.807) is 0 Å². The third-order valence-corrected chi connectivity index (χ3v) is 3.91. The maximum Gasteiger partial charge on any atom is 0.125 e. The van der Waals surface area contributed by atoms with E-state index >= 15 is 0 Å². The molecule has 3 aromatic rings. The highest BCUT2D eigenvalue weighted by molar-refractivity contribution is 6.16. The van der Waals surface area contributed by atoms with Gasteiger partial charge in [-0.3, -0.25) is 0 Å². The Morgan fingerprint density at radius 2 is 1.86 bits per heavy atom. The predicted octanol–water partition coefficient (Wildman–Crippen LogP) is 4.72. The van der Waals surface area contributed by atoms with Crippen molar-refractivity contribution in [1.82, 2.24) is 9.55 Å². The van der Waals surface area contributed by atoms with Crippen LogP contribution in [0.5, 0.6) is 0 Å². The SMILES string of the molecule is CC(Cc1ccc(F)cc1)n1c(CCl)nc2ccccc21. The standard InChI is InChI=1S/C17H16ClFN2/c1-12(10-13-6-8-14(19)9-7-13)21-16-5-3-2-4-15(16)20-17(21)11-18/h2-9,12H,10-11H2,1H3. The van der Waals surface area contributed by atoms with Crippen molar-refractivity contribution in [2.24, 2.45) is 0 Å². The Balaban J connectivity index is 1.96. The Labute approximate surface area is 128 Å². The lowest BCUT2D eigenvalue weighted by atomic mass is 10.1. The lowest BCUT2D eigenvalue weighted by Crippen LogP contribution is -2.11. The summed E-state index contributed by atoms with van der Waals surface area (Å²) in [6.07, 6.45) is 0.810. The second-order valence-electron chi connectivity index (χ2n) is 5.20. The third-order valence-electron chi connectivity index (χ3n) is 3.67. The first-order valence-electron chi connectivity index (χ1n) is 6.95. The monoisotopic (exact) mass is 302 g/mol. The van der Waals surface area contributed by atoms with Gasteiger partial charge in [0, 0.05) is 6.04 Å². The zero-order valence-corrected chi connectivity index (χ0v) is 12.5. The normalized spacial score (nSPS) is 12.7. The van der Waals surface area contributed by atoms with Gasteiger partial charge in [-0.15, -0.1) is 11.6 Å². The first-order chi connectivity index (χ1) is 10.2. The molecule has 21 heavy (non-hydrogen) atoms. The Morgan fingerprint density at radius 3 is 2.57 bits per heavy atom. The van der Waals surface area contributed by atoms with Crippen LogP contribution in [0.15, 0.2) is 48.5 Å². The molecule has 0 N–H and O–H groups in total. The van der Waals surface area contributed by atoms with Crippen LogP contribution in [-0.2, 0) is 12.3 Å². The molecule has 2 aromatic carbocycles. The van der Waals surface area contributed by atoms with Crippen LogP contribution in [0, 0.1) is 5.82 Å². The van der Waals surface area contributed by atoms with Gasteiger partial charge in [0.15, 0.2) is 0 Å². The van der Waals surface area contributed by atoms with Gasteiger partial charge in [-0.1, -0.05) is 24.3 Å². The van der Waals surface area contributed by atoms with E-state index in [0.717, 1.165) is 28.8 Å². The van der Waals surface area contributed by atoms with Gasteiger partial charge in [0.25, 0.3) is 0 Å². The number of rotatable bonds is 4. The highest BCUT2D eigenvalue weighted by Crippen LogP contribution is 2.24. The van der Waals surface area contributed by atoms with Crippen LogP contribution in [0.2, 0.25) is 0 Å². The van der Waals surface area contributed by atoms with Gasteiger partial charge in [0.2, 0.25) is 0 Å². The molecule has 0 bridgehead atoms. The van der Waals surface area contributed by atoms with Crippen LogP contribution in [0.25, 0.3) is 11.0 Å². The molecule has 0 amide bonds. The molecule has 1 aromatic heterocycles. The van der Waals surface area contributed by atoms with Crippen LogP contribution in [-0.4, -0.2) is 9.55 Å². The molecule has 0 fully saturated rings.